The highest BCUT2D eigenvalue weighted by Crippen LogP contribution is 2.22. The van der Waals surface area contributed by atoms with Gasteiger partial charge in [-0.25, -0.2) is 0 Å². The summed E-state index contributed by atoms with van der Waals surface area (Å²) in [5.74, 6) is 0. The second kappa shape index (κ2) is 13.0. The average molecular weight is 363 g/mol. The van der Waals surface area contributed by atoms with E-state index in [-0.39, 0.29) is 6.61 Å². The topological polar surface area (TPSA) is 79.2 Å². The van der Waals surface area contributed by atoms with Gasteiger partial charge in [-0.1, -0.05) is 58.3 Å². The van der Waals surface area contributed by atoms with E-state index >= 15 is 0 Å². The smallest absolute Gasteiger partial charge is 0.160 e. The van der Waals surface area contributed by atoms with Crippen molar-refractivity contribution in [3.8, 4) is 0 Å². The van der Waals surface area contributed by atoms with E-state index in [1.165, 1.54) is 44.9 Å². The Kier molecular flexibility index (Phi) is 11.8. The Labute approximate surface area is 151 Å². The van der Waals surface area contributed by atoms with Crippen molar-refractivity contribution >= 4 is 17.3 Å². The van der Waals surface area contributed by atoms with Gasteiger partial charge in [0.15, 0.2) is 11.2 Å². The van der Waals surface area contributed by atoms with E-state index in [2.05, 4.69) is 6.92 Å². The number of rotatable bonds is 13. The van der Waals surface area contributed by atoms with Gasteiger partial charge < -0.3 is 24.8 Å². The van der Waals surface area contributed by atoms with E-state index in [0.717, 1.165) is 12.8 Å². The van der Waals surface area contributed by atoms with Crippen LogP contribution in [0.3, 0.4) is 0 Å². The zero-order valence-electron chi connectivity index (χ0n) is 14.9. The maximum absolute atomic E-state index is 9.88. The normalized spacial score (nSPS) is 24.9. The first-order valence-electron chi connectivity index (χ1n) is 9.38. The quantitative estimate of drug-likeness (QED) is 0.345. The van der Waals surface area contributed by atoms with Crippen molar-refractivity contribution in [1.29, 1.82) is 0 Å². The Morgan fingerprint density at radius 3 is 2.29 bits per heavy atom. The van der Waals surface area contributed by atoms with Crippen molar-refractivity contribution in [2.45, 2.75) is 95.5 Å². The lowest BCUT2D eigenvalue weighted by Crippen LogP contribution is -2.43. The molecule has 1 rings (SSSR count). The lowest BCUT2D eigenvalue weighted by molar-refractivity contribution is -0.0642. The minimum Gasteiger partial charge on any atom is -0.478 e. The van der Waals surface area contributed by atoms with Gasteiger partial charge in [-0.3, -0.25) is 0 Å². The number of aliphatic hydroxyl groups excluding tert-OH is 3. The van der Waals surface area contributed by atoms with Crippen LogP contribution in [0, 0.1) is 0 Å². The van der Waals surface area contributed by atoms with Crippen LogP contribution in [0.2, 0.25) is 0 Å². The molecule has 4 atom stereocenters. The molecule has 1 saturated heterocycles. The fourth-order valence-corrected chi connectivity index (χ4v) is 3.24. The van der Waals surface area contributed by atoms with Crippen LogP contribution in [0.25, 0.3) is 0 Å². The predicted molar refractivity (Wildman–Crippen MR) is 98.2 cm³/mol. The van der Waals surface area contributed by atoms with Crippen LogP contribution < -0.4 is 0 Å². The molecule has 0 aromatic carbocycles. The molecule has 0 saturated carbocycles. The molecule has 0 aliphatic carbocycles. The van der Waals surface area contributed by atoms with Crippen molar-refractivity contribution in [2.24, 2.45) is 0 Å². The van der Waals surface area contributed by atoms with Gasteiger partial charge in [0.05, 0.1) is 13.2 Å². The number of hydrogen-bond acceptors (Lipinski definition) is 6. The average Bonchev–Trinajstić information content (AvgIpc) is 2.93. The molecule has 1 aliphatic heterocycles. The molecular formula is C18H34O5S. The summed E-state index contributed by atoms with van der Waals surface area (Å²) in [5.41, 5.74) is 0. The molecule has 6 heteroatoms. The number of aliphatic hydroxyl groups is 3. The highest BCUT2D eigenvalue weighted by atomic mass is 32.1. The van der Waals surface area contributed by atoms with Crippen LogP contribution in [0.1, 0.15) is 71.1 Å². The van der Waals surface area contributed by atoms with Crippen LogP contribution in [-0.4, -0.2) is 58.0 Å². The molecule has 1 aliphatic rings. The van der Waals surface area contributed by atoms with E-state index in [1.54, 1.807) is 0 Å². The van der Waals surface area contributed by atoms with E-state index < -0.39 is 31.0 Å². The molecule has 3 N–H and O–H groups in total. The standard InChI is InChI=1S/C18H34O5S/c1-2-3-4-5-6-7-8-9-10-11-16(24)23-18-15(21)13-22-17(18)14(20)12-19/h14-15,17-21H,2-13H2,1H3/t14-,15+,17-,18-/m0/s1. The fourth-order valence-electron chi connectivity index (χ4n) is 2.99. The Morgan fingerprint density at radius 2 is 1.71 bits per heavy atom. The van der Waals surface area contributed by atoms with Crippen molar-refractivity contribution in [3.63, 3.8) is 0 Å². The largest absolute Gasteiger partial charge is 0.478 e. The summed E-state index contributed by atoms with van der Waals surface area (Å²) in [7, 11) is 0. The molecular weight excluding hydrogens is 328 g/mol. The predicted octanol–water partition coefficient (Wildman–Crippen LogP) is 2.73. The summed E-state index contributed by atoms with van der Waals surface area (Å²) in [5, 5.41) is 29.1. The molecule has 0 amide bonds. The Morgan fingerprint density at radius 1 is 1.12 bits per heavy atom. The van der Waals surface area contributed by atoms with E-state index in [9.17, 15) is 10.2 Å². The number of hydrogen-bond donors (Lipinski definition) is 3. The van der Waals surface area contributed by atoms with Crippen LogP contribution in [0.15, 0.2) is 0 Å². The van der Waals surface area contributed by atoms with Gasteiger partial charge in [0, 0.05) is 6.42 Å². The van der Waals surface area contributed by atoms with Crippen LogP contribution >= 0.6 is 12.2 Å². The third-order valence-electron chi connectivity index (χ3n) is 4.48. The molecule has 1 fully saturated rings. The second-order valence-corrected chi connectivity index (χ2v) is 7.10. The Hall–Kier alpha value is -0.270. The minimum atomic E-state index is -1.07. The Balaban J connectivity index is 2.10. The Bertz CT molecular complexity index is 339. The lowest BCUT2D eigenvalue weighted by Gasteiger charge is -2.24. The van der Waals surface area contributed by atoms with Gasteiger partial charge >= 0.3 is 0 Å². The lowest BCUT2D eigenvalue weighted by atomic mass is 10.1. The first-order valence-corrected chi connectivity index (χ1v) is 9.79. The van der Waals surface area contributed by atoms with Crippen molar-refractivity contribution in [2.75, 3.05) is 13.2 Å². The van der Waals surface area contributed by atoms with E-state index in [0.29, 0.717) is 11.5 Å². The SMILES string of the molecule is CCCCCCCCCCCC(=S)O[C@@H]1[C@H]([C@@H](O)CO)OC[C@H]1O. The monoisotopic (exact) mass is 362 g/mol. The number of ether oxygens (including phenoxy) is 2. The van der Waals surface area contributed by atoms with Crippen LogP contribution in [0.4, 0.5) is 0 Å². The van der Waals surface area contributed by atoms with E-state index in [4.69, 9.17) is 26.8 Å². The molecule has 0 unspecified atom stereocenters. The van der Waals surface area contributed by atoms with Gasteiger partial charge in [0.2, 0.25) is 0 Å². The van der Waals surface area contributed by atoms with Gasteiger partial charge in [-0.2, -0.15) is 0 Å². The second-order valence-electron chi connectivity index (χ2n) is 6.65. The zero-order chi connectivity index (χ0) is 17.8. The van der Waals surface area contributed by atoms with Gasteiger partial charge in [-0.05, 0) is 18.6 Å². The fraction of sp³-hybridized carbons (Fsp3) is 0.944. The molecule has 0 radical (unpaired) electrons. The number of unbranched alkanes of at least 4 members (excludes halogenated alkanes) is 8. The van der Waals surface area contributed by atoms with Gasteiger partial charge in [-0.15, -0.1) is 0 Å². The molecule has 5 nitrogen and oxygen atoms in total. The highest BCUT2D eigenvalue weighted by molar-refractivity contribution is 7.80. The highest BCUT2D eigenvalue weighted by Gasteiger charge is 2.42. The molecule has 0 aromatic rings. The first kappa shape index (κ1) is 21.8. The summed E-state index contributed by atoms with van der Waals surface area (Å²) in [6.07, 6.45) is 8.59. The molecule has 24 heavy (non-hydrogen) atoms. The van der Waals surface area contributed by atoms with Gasteiger partial charge in [0.25, 0.3) is 0 Å². The van der Waals surface area contributed by atoms with Crippen molar-refractivity contribution < 1.29 is 24.8 Å². The summed E-state index contributed by atoms with van der Waals surface area (Å²) in [4.78, 5) is 0. The third-order valence-corrected chi connectivity index (χ3v) is 4.78. The van der Waals surface area contributed by atoms with Gasteiger partial charge in [0.1, 0.15) is 18.3 Å². The van der Waals surface area contributed by atoms with Crippen molar-refractivity contribution in [3.05, 3.63) is 0 Å². The number of thiocarbonyl (C=S) groups is 1. The summed E-state index contributed by atoms with van der Waals surface area (Å²) in [6.45, 7) is 1.89. The van der Waals surface area contributed by atoms with Crippen LogP contribution in [0.5, 0.6) is 0 Å². The molecule has 0 bridgehead atoms. The molecule has 0 aromatic heterocycles. The summed E-state index contributed by atoms with van der Waals surface area (Å²) >= 11 is 5.23. The first-order chi connectivity index (χ1) is 11.6. The summed E-state index contributed by atoms with van der Waals surface area (Å²) in [6, 6.07) is 0. The van der Waals surface area contributed by atoms with Crippen molar-refractivity contribution in [1.82, 2.24) is 0 Å². The van der Waals surface area contributed by atoms with Crippen LogP contribution in [-0.2, 0) is 9.47 Å². The molecule has 1 heterocycles. The van der Waals surface area contributed by atoms with E-state index in [1.807, 2.05) is 0 Å². The molecule has 0 spiro atoms. The third kappa shape index (κ3) is 8.21. The molecule has 142 valence electrons. The minimum absolute atomic E-state index is 0.0903. The maximum Gasteiger partial charge on any atom is 0.160 e. The zero-order valence-corrected chi connectivity index (χ0v) is 15.7. The summed E-state index contributed by atoms with van der Waals surface area (Å²) < 4.78 is 10.9. The maximum atomic E-state index is 9.88.